The van der Waals surface area contributed by atoms with Gasteiger partial charge in [0.15, 0.2) is 37.7 Å². The first-order chi connectivity index (χ1) is 36.8. The average molecular weight is 1160 g/mol. The summed E-state index contributed by atoms with van der Waals surface area (Å²) in [4.78, 5) is 0. The number of ether oxygens (including phenoxy) is 12. The maximum Gasteiger partial charge on any atom is 0.187 e. The Kier molecular flexibility index (Phi) is 24.3. The van der Waals surface area contributed by atoms with Crippen LogP contribution >= 0.6 is 0 Å². The van der Waals surface area contributed by atoms with Crippen LogP contribution in [0.2, 0.25) is 0 Å². The van der Waals surface area contributed by atoms with E-state index in [0.29, 0.717) is 0 Å². The number of rotatable bonds is 23. The highest BCUT2D eigenvalue weighted by Gasteiger charge is 2.55. The molecule has 6 rings (SSSR count). The summed E-state index contributed by atoms with van der Waals surface area (Å²) in [7, 11) is 0. The van der Waals surface area contributed by atoms with Gasteiger partial charge in [-0.15, -0.1) is 0 Å². The summed E-state index contributed by atoms with van der Waals surface area (Å²) in [5.74, 6) is 0. The van der Waals surface area contributed by atoms with Gasteiger partial charge in [0, 0.05) is 0 Å². The van der Waals surface area contributed by atoms with E-state index in [1.807, 2.05) is 0 Å². The van der Waals surface area contributed by atoms with E-state index >= 15 is 0 Å². The van der Waals surface area contributed by atoms with E-state index in [9.17, 15) is 117 Å². The minimum absolute atomic E-state index is 0.867. The molecule has 6 saturated heterocycles. The highest BCUT2D eigenvalue weighted by molar-refractivity contribution is 4.98. The maximum atomic E-state index is 11.6. The van der Waals surface area contributed by atoms with Gasteiger partial charge in [-0.25, -0.2) is 0 Å². The molecule has 24 N–H and O–H groups in total. The Hall–Kier alpha value is -1.44. The van der Waals surface area contributed by atoms with E-state index < -0.39 is 262 Å². The van der Waals surface area contributed by atoms with Crippen molar-refractivity contribution >= 4 is 0 Å². The van der Waals surface area contributed by atoms with Crippen LogP contribution in [-0.4, -0.2) is 384 Å². The van der Waals surface area contributed by atoms with E-state index in [-0.39, 0.29) is 0 Å². The number of hydrogen-bond acceptors (Lipinski definition) is 36. The van der Waals surface area contributed by atoms with Crippen molar-refractivity contribution in [3.63, 3.8) is 0 Å². The van der Waals surface area contributed by atoms with Crippen molar-refractivity contribution in [2.24, 2.45) is 0 Å². The van der Waals surface area contributed by atoms with E-state index in [4.69, 9.17) is 61.9 Å². The molecule has 0 aromatic carbocycles. The standard InChI is InChI=1S/C42H74O36/c43-1-9(47)17(49)18(50)10(48)5-67-37-29(61)27(59)21(53)14(74-37)6-68-38-30(62)28(60)22(54)15(75-38)7-69-40-34(66)36(78-42-32(64)26(58)20(52)12(3-45)73-42)24(56)16(76-40)8-70-39-33(65)35(23(55)13(4-46)71-39)77-41-31(63)25(57)19(51)11(2-44)72-41/h9-66H,1-8H2/t9-,10+,11+,12+,13+,14+,15+,16+,17+,18+,19+,20+,21+,22+,23+,24+,25-,26-,27-,28-,29+,30+,31+,32+,33+,34+,35-,36-,37+,38+,39+,40+,41-,42-/m0/s1. The normalized spacial score (nSPS) is 49.2. The molecule has 6 heterocycles. The smallest absolute Gasteiger partial charge is 0.187 e. The van der Waals surface area contributed by atoms with Crippen molar-refractivity contribution in [2.45, 2.75) is 209 Å². The van der Waals surface area contributed by atoms with Gasteiger partial charge < -0.3 is 179 Å². The van der Waals surface area contributed by atoms with Gasteiger partial charge in [-0.1, -0.05) is 0 Å². The third-order valence-electron chi connectivity index (χ3n) is 14.1. The summed E-state index contributed by atoms with van der Waals surface area (Å²) < 4.78 is 66.6. The van der Waals surface area contributed by atoms with Crippen molar-refractivity contribution in [1.29, 1.82) is 0 Å². The minimum Gasteiger partial charge on any atom is -0.394 e. The van der Waals surface area contributed by atoms with Crippen LogP contribution in [0.1, 0.15) is 0 Å². The van der Waals surface area contributed by atoms with Gasteiger partial charge >= 0.3 is 0 Å². The van der Waals surface area contributed by atoms with Gasteiger partial charge in [-0.05, 0) is 0 Å². The van der Waals surface area contributed by atoms with Crippen LogP contribution in [0.15, 0.2) is 0 Å². The number of aliphatic hydroxyl groups is 24. The zero-order chi connectivity index (χ0) is 57.8. The SMILES string of the molecule is OC[C@H](O)[C@@H](O)[C@H](O)[C@H](O)CO[C@@H]1O[C@H](CO[C@@H]2O[C@H](CO[C@@H]3O[C@H](CO[C@@H]4O[C@H](CO)[C@@H](O)[C@H](O[C@@H]5O[C@H](CO)[C@@H](O)[C@H](O)[C@H]5O)[C@H]4O)[C@@H](O)[C@H](O[C@@H]4O[C@H](CO)[C@@H](O)[C@H](O)[C@H]4O)[C@H]3O)[C@@H](O)[C@H](O)[C@H]2O)[C@@H](O)[C@H](O)[C@H]1O. The Balaban J connectivity index is 1.15. The lowest BCUT2D eigenvalue weighted by Gasteiger charge is -2.47. The Morgan fingerprint density at radius 3 is 0.923 bits per heavy atom. The summed E-state index contributed by atoms with van der Waals surface area (Å²) in [6.45, 7) is -7.47. The van der Waals surface area contributed by atoms with E-state index in [1.54, 1.807) is 0 Å². The molecule has 36 nitrogen and oxygen atoms in total. The summed E-state index contributed by atoms with van der Waals surface area (Å²) in [6, 6.07) is 0. The van der Waals surface area contributed by atoms with E-state index in [1.165, 1.54) is 0 Å². The molecule has 0 spiro atoms. The quantitative estimate of drug-likeness (QED) is 0.0452. The molecule has 36 heteroatoms. The van der Waals surface area contributed by atoms with Crippen molar-refractivity contribution in [3.8, 4) is 0 Å². The van der Waals surface area contributed by atoms with Crippen LogP contribution in [0.3, 0.4) is 0 Å². The number of hydrogen-bond donors (Lipinski definition) is 24. The second-order valence-corrected chi connectivity index (χ2v) is 19.5. The van der Waals surface area contributed by atoms with Gasteiger partial charge in [0.1, 0.15) is 171 Å². The molecule has 0 saturated carbocycles. The van der Waals surface area contributed by atoms with Crippen LogP contribution in [0.25, 0.3) is 0 Å². The first-order valence-corrected chi connectivity index (χ1v) is 24.6. The van der Waals surface area contributed by atoms with Gasteiger partial charge in [-0.3, -0.25) is 0 Å². The van der Waals surface area contributed by atoms with Gasteiger partial charge in [0.25, 0.3) is 0 Å². The lowest BCUT2D eigenvalue weighted by molar-refractivity contribution is -0.377. The zero-order valence-electron chi connectivity index (χ0n) is 40.9. The van der Waals surface area contributed by atoms with Crippen LogP contribution in [0.5, 0.6) is 0 Å². The van der Waals surface area contributed by atoms with Gasteiger partial charge in [-0.2, -0.15) is 0 Å². The Morgan fingerprint density at radius 2 is 0.551 bits per heavy atom. The van der Waals surface area contributed by atoms with Crippen LogP contribution in [0, 0.1) is 0 Å². The molecule has 0 aliphatic carbocycles. The van der Waals surface area contributed by atoms with Gasteiger partial charge in [0.05, 0.1) is 52.9 Å². The molecule has 6 fully saturated rings. The van der Waals surface area contributed by atoms with Crippen molar-refractivity contribution < 1.29 is 179 Å². The second kappa shape index (κ2) is 28.9. The summed E-state index contributed by atoms with van der Waals surface area (Å²) >= 11 is 0. The highest BCUT2D eigenvalue weighted by Crippen LogP contribution is 2.34. The molecule has 0 aromatic heterocycles. The monoisotopic (exact) mass is 1150 g/mol. The van der Waals surface area contributed by atoms with Crippen molar-refractivity contribution in [3.05, 3.63) is 0 Å². The van der Waals surface area contributed by atoms with Crippen molar-refractivity contribution in [2.75, 3.05) is 52.9 Å². The molecule has 6 aliphatic rings. The summed E-state index contributed by atoms with van der Waals surface area (Å²) in [6.07, 6.45) is -66.3. The fourth-order valence-corrected chi connectivity index (χ4v) is 9.17. The molecule has 458 valence electrons. The zero-order valence-corrected chi connectivity index (χ0v) is 40.9. The Labute approximate surface area is 440 Å². The number of aliphatic hydroxyl groups excluding tert-OH is 24. The molecule has 0 radical (unpaired) electrons. The van der Waals surface area contributed by atoms with Crippen LogP contribution in [-0.2, 0) is 56.8 Å². The Bertz CT molecular complexity index is 1760. The molecule has 0 bridgehead atoms. The van der Waals surface area contributed by atoms with Crippen molar-refractivity contribution in [1.82, 2.24) is 0 Å². The molecule has 6 aliphatic heterocycles. The third-order valence-corrected chi connectivity index (χ3v) is 14.1. The molecular weight excluding hydrogens is 1080 g/mol. The first-order valence-electron chi connectivity index (χ1n) is 24.6. The Morgan fingerprint density at radius 1 is 0.282 bits per heavy atom. The lowest BCUT2D eigenvalue weighted by Crippen LogP contribution is -2.66. The predicted molar refractivity (Wildman–Crippen MR) is 234 cm³/mol. The highest BCUT2D eigenvalue weighted by atomic mass is 16.8. The average Bonchev–Trinajstić information content (AvgIpc) is 3.44. The summed E-state index contributed by atoms with van der Waals surface area (Å²) in [5.41, 5.74) is 0. The molecule has 0 unspecified atom stereocenters. The topological polar surface area (TPSA) is 596 Å². The third kappa shape index (κ3) is 14.5. The molecule has 34 atom stereocenters. The fourth-order valence-electron chi connectivity index (χ4n) is 9.17. The maximum absolute atomic E-state index is 11.6. The lowest BCUT2D eigenvalue weighted by atomic mass is 9.96. The fraction of sp³-hybridized carbons (Fsp3) is 1.00. The van der Waals surface area contributed by atoms with Gasteiger partial charge in [0.2, 0.25) is 0 Å². The molecule has 78 heavy (non-hydrogen) atoms. The molecule has 0 amide bonds. The van der Waals surface area contributed by atoms with E-state index in [2.05, 4.69) is 0 Å². The van der Waals surface area contributed by atoms with Crippen LogP contribution < -0.4 is 0 Å². The minimum atomic E-state index is -2.20. The first kappa shape index (κ1) is 65.7. The summed E-state index contributed by atoms with van der Waals surface area (Å²) in [5, 5.41) is 250. The predicted octanol–water partition coefficient (Wildman–Crippen LogP) is -16.6. The largest absolute Gasteiger partial charge is 0.394 e. The molecule has 0 aromatic rings. The molecular formula is C42H74O36. The second-order valence-electron chi connectivity index (χ2n) is 19.5. The van der Waals surface area contributed by atoms with Crippen LogP contribution in [0.4, 0.5) is 0 Å². The van der Waals surface area contributed by atoms with E-state index in [0.717, 1.165) is 0 Å².